The van der Waals surface area contributed by atoms with Gasteiger partial charge in [-0.25, -0.2) is 0 Å². The predicted molar refractivity (Wildman–Crippen MR) is 107 cm³/mol. The van der Waals surface area contributed by atoms with E-state index in [4.69, 9.17) is 28.4 Å². The van der Waals surface area contributed by atoms with E-state index in [0.717, 1.165) is 11.1 Å². The zero-order valence-corrected chi connectivity index (χ0v) is 17.2. The number of carbonyl (C=O) groups is 1. The molecular weight excluding hydrogens is 406 g/mol. The number of nitrogens with zero attached hydrogens (tertiary/aromatic N) is 1. The fourth-order valence-electron chi connectivity index (χ4n) is 4.78. The highest BCUT2D eigenvalue weighted by atomic mass is 16.7. The molecule has 0 amide bonds. The Balaban J connectivity index is 1.77. The Kier molecular flexibility index (Phi) is 4.53. The second-order valence-corrected chi connectivity index (χ2v) is 7.48. The van der Waals surface area contributed by atoms with Crippen LogP contribution in [0.15, 0.2) is 29.4 Å². The number of fused-ring (bicyclic) bond motifs is 3. The molecule has 2 aliphatic heterocycles. The van der Waals surface area contributed by atoms with Crippen molar-refractivity contribution in [1.82, 2.24) is 0 Å². The minimum absolute atomic E-state index is 0.105. The van der Waals surface area contributed by atoms with Crippen LogP contribution in [-0.2, 0) is 9.53 Å². The molecule has 2 heterocycles. The van der Waals surface area contributed by atoms with E-state index in [0.29, 0.717) is 40.0 Å². The van der Waals surface area contributed by atoms with Gasteiger partial charge in [0, 0.05) is 11.5 Å². The van der Waals surface area contributed by atoms with Gasteiger partial charge in [0.25, 0.3) is 0 Å². The number of oxime groups is 1. The summed E-state index contributed by atoms with van der Waals surface area (Å²) in [4.78, 5) is 12.8. The second kappa shape index (κ2) is 7.26. The summed E-state index contributed by atoms with van der Waals surface area (Å²) in [5.74, 6) is 0.782. The van der Waals surface area contributed by atoms with Gasteiger partial charge < -0.3 is 33.6 Å². The van der Waals surface area contributed by atoms with Gasteiger partial charge in [-0.3, -0.25) is 4.79 Å². The van der Waals surface area contributed by atoms with Crippen LogP contribution in [0.1, 0.15) is 22.6 Å². The molecule has 1 N–H and O–H groups in total. The van der Waals surface area contributed by atoms with Crippen molar-refractivity contribution < 1.29 is 38.4 Å². The van der Waals surface area contributed by atoms with Crippen LogP contribution >= 0.6 is 0 Å². The number of rotatable bonds is 4. The lowest BCUT2D eigenvalue weighted by atomic mass is 9.66. The van der Waals surface area contributed by atoms with E-state index in [2.05, 4.69) is 5.16 Å². The Bertz CT molecular complexity index is 1070. The third kappa shape index (κ3) is 2.76. The summed E-state index contributed by atoms with van der Waals surface area (Å²) in [6.45, 7) is 0.241. The first-order chi connectivity index (χ1) is 15.1. The van der Waals surface area contributed by atoms with E-state index in [9.17, 15) is 10.0 Å². The number of carbonyl (C=O) groups excluding carboxylic acids is 1. The molecule has 162 valence electrons. The molecule has 1 saturated heterocycles. The van der Waals surface area contributed by atoms with E-state index >= 15 is 0 Å². The number of cyclic esters (lactones) is 1. The molecule has 31 heavy (non-hydrogen) atoms. The van der Waals surface area contributed by atoms with Crippen LogP contribution in [0.3, 0.4) is 0 Å². The lowest BCUT2D eigenvalue weighted by Crippen LogP contribution is -2.36. The van der Waals surface area contributed by atoms with Crippen LogP contribution in [0.5, 0.6) is 28.7 Å². The van der Waals surface area contributed by atoms with Crippen molar-refractivity contribution in [2.75, 3.05) is 34.7 Å². The van der Waals surface area contributed by atoms with Gasteiger partial charge in [-0.2, -0.15) is 0 Å². The van der Waals surface area contributed by atoms with E-state index in [1.165, 1.54) is 21.3 Å². The van der Waals surface area contributed by atoms with Crippen LogP contribution < -0.4 is 23.7 Å². The summed E-state index contributed by atoms with van der Waals surface area (Å²) < 4.78 is 33.0. The molecule has 2 aromatic rings. The van der Waals surface area contributed by atoms with E-state index in [-0.39, 0.29) is 19.4 Å². The molecule has 0 bridgehead atoms. The van der Waals surface area contributed by atoms with Crippen LogP contribution in [-0.4, -0.2) is 51.6 Å². The molecular formula is C22H21NO8. The third-order valence-electron chi connectivity index (χ3n) is 6.13. The van der Waals surface area contributed by atoms with E-state index < -0.39 is 17.8 Å². The predicted octanol–water partition coefficient (Wildman–Crippen LogP) is 2.55. The minimum atomic E-state index is -0.582. The van der Waals surface area contributed by atoms with Gasteiger partial charge in [0.1, 0.15) is 6.61 Å². The molecule has 3 atom stereocenters. The lowest BCUT2D eigenvalue weighted by Gasteiger charge is -2.34. The highest BCUT2D eigenvalue weighted by Crippen LogP contribution is 2.52. The first-order valence-corrected chi connectivity index (χ1v) is 9.73. The molecule has 0 unspecified atom stereocenters. The molecule has 9 nitrogen and oxygen atoms in total. The lowest BCUT2D eigenvalue weighted by molar-refractivity contribution is -0.141. The number of hydrogen-bond donors (Lipinski definition) is 1. The fraction of sp³-hybridized carbons (Fsp3) is 0.364. The normalized spacial score (nSPS) is 24.4. The first kappa shape index (κ1) is 19.3. The Hall–Kier alpha value is -3.62. The van der Waals surface area contributed by atoms with Gasteiger partial charge >= 0.3 is 5.97 Å². The maximum Gasteiger partial charge on any atom is 0.310 e. The van der Waals surface area contributed by atoms with Crippen LogP contribution in [0.4, 0.5) is 0 Å². The molecule has 9 heteroatoms. The average Bonchev–Trinajstić information content (AvgIpc) is 3.41. The van der Waals surface area contributed by atoms with Crippen LogP contribution in [0.25, 0.3) is 0 Å². The van der Waals surface area contributed by atoms with Crippen molar-refractivity contribution >= 4 is 11.7 Å². The van der Waals surface area contributed by atoms with Crippen molar-refractivity contribution in [3.05, 3.63) is 41.0 Å². The smallest absolute Gasteiger partial charge is 0.310 e. The average molecular weight is 427 g/mol. The molecule has 1 fully saturated rings. The van der Waals surface area contributed by atoms with Gasteiger partial charge in [-0.15, -0.1) is 0 Å². The molecule has 0 radical (unpaired) electrons. The number of hydrogen-bond acceptors (Lipinski definition) is 9. The van der Waals surface area contributed by atoms with Crippen molar-refractivity contribution in [3.8, 4) is 28.7 Å². The standard InChI is InChI=1S/C22H21NO8/c1-26-16-4-10(5-17(27-2)21(16)28-3)18-11-6-14-15(31-9-30-14)7-12(11)20(23-25)13-8-29-22(24)19(13)18/h4-7,13,18-19,25H,8-9H2,1-3H3/t13-,18+,19-/m0/s1. The molecule has 0 saturated carbocycles. The van der Waals surface area contributed by atoms with Gasteiger partial charge in [0.15, 0.2) is 23.0 Å². The van der Waals surface area contributed by atoms with E-state index in [1.54, 1.807) is 6.07 Å². The maximum atomic E-state index is 12.8. The van der Waals surface area contributed by atoms with E-state index in [1.807, 2.05) is 18.2 Å². The maximum absolute atomic E-state index is 12.8. The van der Waals surface area contributed by atoms with Crippen molar-refractivity contribution in [3.63, 3.8) is 0 Å². The SMILES string of the molecule is COc1cc([C@@H]2c3cc4c(cc3C(=NO)[C@H]3COC(=O)[C@H]23)OCO4)cc(OC)c1OC. The second-order valence-electron chi connectivity index (χ2n) is 7.48. The zero-order valence-electron chi connectivity index (χ0n) is 17.2. The highest BCUT2D eigenvalue weighted by molar-refractivity contribution is 6.08. The quantitative estimate of drug-likeness (QED) is 0.451. The first-order valence-electron chi connectivity index (χ1n) is 9.73. The fourth-order valence-corrected chi connectivity index (χ4v) is 4.78. The molecule has 2 aromatic carbocycles. The summed E-state index contributed by atoms with van der Waals surface area (Å²) in [6, 6.07) is 7.27. The summed E-state index contributed by atoms with van der Waals surface area (Å²) in [6.07, 6.45) is 0. The zero-order chi connectivity index (χ0) is 21.7. The molecule has 3 aliphatic rings. The summed E-state index contributed by atoms with van der Waals surface area (Å²) >= 11 is 0. The van der Waals surface area contributed by atoms with Gasteiger partial charge in [-0.05, 0) is 35.4 Å². The molecule has 5 rings (SSSR count). The molecule has 0 spiro atoms. The largest absolute Gasteiger partial charge is 0.493 e. The summed E-state index contributed by atoms with van der Waals surface area (Å²) in [5, 5.41) is 13.3. The monoisotopic (exact) mass is 427 g/mol. The Morgan fingerprint density at radius 2 is 1.65 bits per heavy atom. The Morgan fingerprint density at radius 1 is 0.968 bits per heavy atom. The van der Waals surface area contributed by atoms with Gasteiger partial charge in [0.2, 0.25) is 12.5 Å². The number of benzene rings is 2. The number of esters is 1. The Labute approximate surface area is 178 Å². The Morgan fingerprint density at radius 3 is 2.26 bits per heavy atom. The van der Waals surface area contributed by atoms with Crippen molar-refractivity contribution in [2.45, 2.75) is 5.92 Å². The summed E-state index contributed by atoms with van der Waals surface area (Å²) in [5.41, 5.74) is 2.63. The summed E-state index contributed by atoms with van der Waals surface area (Å²) in [7, 11) is 4.61. The number of methoxy groups -OCH3 is 3. The molecule has 1 aliphatic carbocycles. The number of ether oxygens (including phenoxy) is 6. The van der Waals surface area contributed by atoms with Gasteiger partial charge in [0.05, 0.1) is 38.9 Å². The third-order valence-corrected chi connectivity index (χ3v) is 6.13. The van der Waals surface area contributed by atoms with Gasteiger partial charge in [-0.1, -0.05) is 5.16 Å². The minimum Gasteiger partial charge on any atom is -0.493 e. The molecule has 0 aromatic heterocycles. The topological polar surface area (TPSA) is 105 Å². The van der Waals surface area contributed by atoms with Crippen LogP contribution in [0.2, 0.25) is 0 Å². The van der Waals surface area contributed by atoms with Crippen LogP contribution in [0, 0.1) is 11.8 Å². The van der Waals surface area contributed by atoms with Crippen molar-refractivity contribution in [1.29, 1.82) is 0 Å². The van der Waals surface area contributed by atoms with Crippen molar-refractivity contribution in [2.24, 2.45) is 17.0 Å². The highest BCUT2D eigenvalue weighted by Gasteiger charge is 2.51.